The van der Waals surface area contributed by atoms with Crippen LogP contribution in [-0.4, -0.2) is 24.6 Å². The molecule has 0 fully saturated rings. The smallest absolute Gasteiger partial charge is 0.172 e. The normalized spacial score (nSPS) is 11.3. The molecule has 0 bridgehead atoms. The minimum atomic E-state index is 0.132. The van der Waals surface area contributed by atoms with Gasteiger partial charge in [-0.05, 0) is 24.1 Å². The Morgan fingerprint density at radius 3 is 2.45 bits per heavy atom. The summed E-state index contributed by atoms with van der Waals surface area (Å²) < 4.78 is 0. The molecule has 0 saturated heterocycles. The molecule has 0 heterocycles. The van der Waals surface area contributed by atoms with Crippen LogP contribution in [0, 0.1) is 0 Å². The second-order valence-corrected chi connectivity index (χ2v) is 4.66. The molecule has 3 N–H and O–H groups in total. The number of nitrogens with two attached hydrogens (primary N) is 1. The zero-order chi connectivity index (χ0) is 14.4. The van der Waals surface area contributed by atoms with Crippen molar-refractivity contribution in [1.82, 2.24) is 0 Å². The Morgan fingerprint density at radius 1 is 1.10 bits per heavy atom. The number of para-hydroxylation sites is 1. The molecule has 0 unspecified atom stereocenters. The molecule has 2 rings (SSSR count). The Labute approximate surface area is 119 Å². The van der Waals surface area contributed by atoms with Crippen molar-refractivity contribution in [2.45, 2.75) is 6.42 Å². The van der Waals surface area contributed by atoms with Crippen molar-refractivity contribution in [2.75, 3.05) is 18.5 Å². The lowest BCUT2D eigenvalue weighted by Gasteiger charge is -2.22. The van der Waals surface area contributed by atoms with Gasteiger partial charge in [-0.1, -0.05) is 47.6 Å². The minimum Gasteiger partial charge on any atom is -0.409 e. The average molecular weight is 269 g/mol. The molecule has 0 aliphatic carbocycles. The van der Waals surface area contributed by atoms with E-state index in [1.165, 1.54) is 5.56 Å². The van der Waals surface area contributed by atoms with Crippen molar-refractivity contribution in [1.29, 1.82) is 0 Å². The van der Waals surface area contributed by atoms with Crippen LogP contribution in [-0.2, 0) is 6.42 Å². The van der Waals surface area contributed by atoms with Gasteiger partial charge in [0.2, 0.25) is 0 Å². The van der Waals surface area contributed by atoms with Crippen LogP contribution in [0.15, 0.2) is 59.8 Å². The van der Waals surface area contributed by atoms with Crippen molar-refractivity contribution in [3.8, 4) is 0 Å². The predicted molar refractivity (Wildman–Crippen MR) is 82.4 cm³/mol. The lowest BCUT2D eigenvalue weighted by atomic mass is 10.1. The maximum absolute atomic E-state index is 8.85. The number of rotatable bonds is 5. The van der Waals surface area contributed by atoms with E-state index in [2.05, 4.69) is 22.2 Å². The zero-order valence-electron chi connectivity index (χ0n) is 11.5. The number of likely N-dealkylation sites (N-methyl/N-ethyl adjacent to an activating group) is 1. The summed E-state index contributed by atoms with van der Waals surface area (Å²) >= 11 is 0. The third-order valence-corrected chi connectivity index (χ3v) is 3.28. The van der Waals surface area contributed by atoms with Gasteiger partial charge >= 0.3 is 0 Å². The van der Waals surface area contributed by atoms with Gasteiger partial charge in [-0.3, -0.25) is 0 Å². The molecule has 0 radical (unpaired) electrons. The summed E-state index contributed by atoms with van der Waals surface area (Å²) in [5.41, 5.74) is 8.70. The van der Waals surface area contributed by atoms with Crippen LogP contribution in [0.1, 0.15) is 11.1 Å². The SMILES string of the molecule is CN(CCc1ccccc1)c1ccccc1/C(N)=N/O. The van der Waals surface area contributed by atoms with Gasteiger partial charge in [-0.15, -0.1) is 0 Å². The van der Waals surface area contributed by atoms with Crippen LogP contribution < -0.4 is 10.6 Å². The van der Waals surface area contributed by atoms with E-state index < -0.39 is 0 Å². The number of hydrogen-bond donors (Lipinski definition) is 2. The van der Waals surface area contributed by atoms with Gasteiger partial charge < -0.3 is 15.8 Å². The Bertz CT molecular complexity index is 581. The number of benzene rings is 2. The van der Waals surface area contributed by atoms with Crippen LogP contribution in [0.5, 0.6) is 0 Å². The topological polar surface area (TPSA) is 61.8 Å². The third kappa shape index (κ3) is 3.29. The molecule has 0 aliphatic rings. The summed E-state index contributed by atoms with van der Waals surface area (Å²) in [5.74, 6) is 0.132. The van der Waals surface area contributed by atoms with E-state index in [0.717, 1.165) is 24.2 Å². The highest BCUT2D eigenvalue weighted by Gasteiger charge is 2.10. The number of anilines is 1. The lowest BCUT2D eigenvalue weighted by Crippen LogP contribution is -2.24. The molecular weight excluding hydrogens is 250 g/mol. The fourth-order valence-corrected chi connectivity index (χ4v) is 2.14. The molecule has 104 valence electrons. The summed E-state index contributed by atoms with van der Waals surface area (Å²) in [6.07, 6.45) is 0.946. The molecule has 0 saturated carbocycles. The molecule has 20 heavy (non-hydrogen) atoms. The van der Waals surface area contributed by atoms with E-state index in [0.29, 0.717) is 0 Å². The van der Waals surface area contributed by atoms with Crippen LogP contribution in [0.3, 0.4) is 0 Å². The second kappa shape index (κ2) is 6.61. The van der Waals surface area contributed by atoms with Gasteiger partial charge in [-0.2, -0.15) is 0 Å². The molecule has 0 atom stereocenters. The highest BCUT2D eigenvalue weighted by molar-refractivity contribution is 6.02. The highest BCUT2D eigenvalue weighted by Crippen LogP contribution is 2.19. The molecular formula is C16H19N3O. The largest absolute Gasteiger partial charge is 0.409 e. The maximum Gasteiger partial charge on any atom is 0.172 e. The molecule has 4 nitrogen and oxygen atoms in total. The second-order valence-electron chi connectivity index (χ2n) is 4.66. The third-order valence-electron chi connectivity index (χ3n) is 3.28. The van der Waals surface area contributed by atoms with Crippen LogP contribution in [0.4, 0.5) is 5.69 Å². The summed E-state index contributed by atoms with van der Waals surface area (Å²) in [5, 5.41) is 11.9. The van der Waals surface area contributed by atoms with Crippen LogP contribution >= 0.6 is 0 Å². The summed E-state index contributed by atoms with van der Waals surface area (Å²) in [7, 11) is 2.01. The van der Waals surface area contributed by atoms with Crippen LogP contribution in [0.25, 0.3) is 0 Å². The van der Waals surface area contributed by atoms with Crippen molar-refractivity contribution < 1.29 is 5.21 Å². The van der Waals surface area contributed by atoms with Crippen molar-refractivity contribution in [3.63, 3.8) is 0 Å². The Hall–Kier alpha value is -2.49. The molecule has 0 amide bonds. The van der Waals surface area contributed by atoms with Gasteiger partial charge in [0.05, 0.1) is 0 Å². The average Bonchev–Trinajstić information content (AvgIpc) is 2.52. The van der Waals surface area contributed by atoms with Crippen molar-refractivity contribution in [2.24, 2.45) is 10.9 Å². The van der Waals surface area contributed by atoms with E-state index in [1.807, 2.05) is 49.5 Å². The Morgan fingerprint density at radius 2 is 1.75 bits per heavy atom. The maximum atomic E-state index is 8.85. The first kappa shape index (κ1) is 13.9. The first-order chi connectivity index (χ1) is 9.72. The Balaban J connectivity index is 2.11. The zero-order valence-corrected chi connectivity index (χ0v) is 11.5. The van der Waals surface area contributed by atoms with E-state index in [9.17, 15) is 0 Å². The predicted octanol–water partition coefficient (Wildman–Crippen LogP) is 2.46. The summed E-state index contributed by atoms with van der Waals surface area (Å²) in [6.45, 7) is 0.861. The first-order valence-electron chi connectivity index (χ1n) is 6.54. The van der Waals surface area contributed by atoms with E-state index in [-0.39, 0.29) is 5.84 Å². The lowest BCUT2D eigenvalue weighted by molar-refractivity contribution is 0.318. The van der Waals surface area contributed by atoms with Gasteiger partial charge in [0.15, 0.2) is 5.84 Å². The number of oxime groups is 1. The molecule has 0 aromatic heterocycles. The van der Waals surface area contributed by atoms with E-state index >= 15 is 0 Å². The van der Waals surface area contributed by atoms with Crippen molar-refractivity contribution in [3.05, 3.63) is 65.7 Å². The number of hydrogen-bond acceptors (Lipinski definition) is 3. The highest BCUT2D eigenvalue weighted by atomic mass is 16.4. The number of nitrogens with zero attached hydrogens (tertiary/aromatic N) is 2. The fourth-order valence-electron chi connectivity index (χ4n) is 2.14. The summed E-state index contributed by atoms with van der Waals surface area (Å²) in [6, 6.07) is 18.0. The molecule has 2 aromatic rings. The van der Waals surface area contributed by atoms with Crippen LogP contribution in [0.2, 0.25) is 0 Å². The van der Waals surface area contributed by atoms with Crippen molar-refractivity contribution >= 4 is 11.5 Å². The van der Waals surface area contributed by atoms with Gasteiger partial charge in [0.1, 0.15) is 0 Å². The van der Waals surface area contributed by atoms with Gasteiger partial charge in [0, 0.05) is 24.8 Å². The summed E-state index contributed by atoms with van der Waals surface area (Å²) in [4.78, 5) is 2.11. The quantitative estimate of drug-likeness (QED) is 0.379. The standard InChI is InChI=1S/C16H19N3O/c1-19(12-11-13-7-3-2-4-8-13)15-10-6-5-9-14(15)16(17)18-20/h2-10,20H,11-12H2,1H3,(H2,17,18). The number of amidine groups is 1. The van der Waals surface area contributed by atoms with Gasteiger partial charge in [-0.25, -0.2) is 0 Å². The molecule has 0 spiro atoms. The van der Waals surface area contributed by atoms with E-state index in [4.69, 9.17) is 10.9 Å². The first-order valence-corrected chi connectivity index (χ1v) is 6.54. The monoisotopic (exact) mass is 269 g/mol. The van der Waals surface area contributed by atoms with E-state index in [1.54, 1.807) is 0 Å². The minimum absolute atomic E-state index is 0.132. The van der Waals surface area contributed by atoms with Gasteiger partial charge in [0.25, 0.3) is 0 Å². The fraction of sp³-hybridized carbons (Fsp3) is 0.188. The molecule has 0 aliphatic heterocycles. The Kier molecular flexibility index (Phi) is 4.60. The molecule has 2 aromatic carbocycles. The molecule has 4 heteroatoms.